The van der Waals surface area contributed by atoms with Crippen LogP contribution in [0.15, 0.2) is 35.9 Å². The van der Waals surface area contributed by atoms with E-state index in [1.165, 1.54) is 5.56 Å². The van der Waals surface area contributed by atoms with E-state index in [0.29, 0.717) is 13.2 Å². The highest BCUT2D eigenvalue weighted by molar-refractivity contribution is 6.07. The van der Waals surface area contributed by atoms with Gasteiger partial charge in [-0.25, -0.2) is 0 Å². The van der Waals surface area contributed by atoms with Gasteiger partial charge in [-0.15, -0.1) is 0 Å². The van der Waals surface area contributed by atoms with E-state index in [9.17, 15) is 0 Å². The van der Waals surface area contributed by atoms with Gasteiger partial charge in [-0.3, -0.25) is 4.29 Å². The van der Waals surface area contributed by atoms with Crippen molar-refractivity contribution >= 4 is 11.9 Å². The van der Waals surface area contributed by atoms with Crippen molar-refractivity contribution in [3.63, 3.8) is 0 Å². The summed E-state index contributed by atoms with van der Waals surface area (Å²) in [5.41, 5.74) is 2.38. The standard InChI is InChI=1S/C13H17ClO2/c1-3-15-13-8-6-12(7-9-13)5-4-11(2)10-16-14/h4,6-9H,3,5,10H2,1-2H3/b11-4+. The first-order valence-electron chi connectivity index (χ1n) is 5.37. The third-order valence-corrected chi connectivity index (χ3v) is 2.31. The second-order valence-corrected chi connectivity index (χ2v) is 3.80. The van der Waals surface area contributed by atoms with E-state index >= 15 is 0 Å². The quantitative estimate of drug-likeness (QED) is 0.706. The van der Waals surface area contributed by atoms with Crippen LogP contribution in [0.1, 0.15) is 19.4 Å². The highest BCUT2D eigenvalue weighted by Crippen LogP contribution is 2.13. The Kier molecular flexibility index (Phi) is 5.98. The van der Waals surface area contributed by atoms with Crippen LogP contribution in [-0.4, -0.2) is 13.2 Å². The van der Waals surface area contributed by atoms with Crippen molar-refractivity contribution in [1.82, 2.24) is 0 Å². The fourth-order valence-corrected chi connectivity index (χ4v) is 1.50. The molecule has 1 rings (SSSR count). The summed E-state index contributed by atoms with van der Waals surface area (Å²) in [6.07, 6.45) is 3.00. The molecule has 0 saturated heterocycles. The van der Waals surface area contributed by atoms with Gasteiger partial charge in [-0.2, -0.15) is 0 Å². The molecule has 2 nitrogen and oxygen atoms in total. The Morgan fingerprint density at radius 1 is 1.31 bits per heavy atom. The topological polar surface area (TPSA) is 18.5 Å². The summed E-state index contributed by atoms with van der Waals surface area (Å²) in [5.74, 6) is 0.913. The van der Waals surface area contributed by atoms with Gasteiger partial charge in [0.15, 0.2) is 0 Å². The molecule has 1 aromatic rings. The van der Waals surface area contributed by atoms with Gasteiger partial charge in [-0.1, -0.05) is 18.2 Å². The first-order valence-corrected chi connectivity index (χ1v) is 5.68. The molecule has 88 valence electrons. The highest BCUT2D eigenvalue weighted by atomic mass is 35.5. The summed E-state index contributed by atoms with van der Waals surface area (Å²) in [5, 5.41) is 0. The minimum Gasteiger partial charge on any atom is -0.494 e. The van der Waals surface area contributed by atoms with Crippen LogP contribution >= 0.6 is 11.9 Å². The first kappa shape index (κ1) is 13.1. The van der Waals surface area contributed by atoms with Gasteiger partial charge in [0, 0.05) is 0 Å². The van der Waals surface area contributed by atoms with Crippen molar-refractivity contribution in [1.29, 1.82) is 0 Å². The maximum absolute atomic E-state index is 5.37. The fraction of sp³-hybridized carbons (Fsp3) is 0.385. The lowest BCUT2D eigenvalue weighted by Crippen LogP contribution is -1.92. The second-order valence-electron chi connectivity index (χ2n) is 3.59. The van der Waals surface area contributed by atoms with Crippen molar-refractivity contribution < 1.29 is 9.03 Å². The molecule has 0 fully saturated rings. The van der Waals surface area contributed by atoms with Crippen LogP contribution in [-0.2, 0) is 10.7 Å². The SMILES string of the molecule is CCOc1ccc(C/C=C(\C)COCl)cc1. The molecule has 0 atom stereocenters. The molecular formula is C13H17ClO2. The normalized spacial score (nSPS) is 11.6. The van der Waals surface area contributed by atoms with Crippen LogP contribution < -0.4 is 4.74 Å². The minimum atomic E-state index is 0.471. The van der Waals surface area contributed by atoms with E-state index in [0.717, 1.165) is 17.7 Å². The third-order valence-electron chi connectivity index (χ3n) is 2.20. The van der Waals surface area contributed by atoms with E-state index in [1.54, 1.807) is 0 Å². The van der Waals surface area contributed by atoms with Gasteiger partial charge >= 0.3 is 0 Å². The zero-order chi connectivity index (χ0) is 11.8. The summed E-state index contributed by atoms with van der Waals surface area (Å²) in [6.45, 7) is 5.15. The average molecular weight is 241 g/mol. The number of rotatable bonds is 6. The van der Waals surface area contributed by atoms with E-state index in [2.05, 4.69) is 22.5 Å². The van der Waals surface area contributed by atoms with Crippen molar-refractivity contribution in [2.75, 3.05) is 13.2 Å². The molecule has 0 amide bonds. The van der Waals surface area contributed by atoms with Gasteiger partial charge in [0.25, 0.3) is 0 Å². The molecule has 1 aromatic carbocycles. The fourth-order valence-electron chi connectivity index (χ4n) is 1.33. The van der Waals surface area contributed by atoms with Gasteiger partial charge in [0.2, 0.25) is 0 Å². The Bertz CT molecular complexity index is 330. The Balaban J connectivity index is 2.51. The van der Waals surface area contributed by atoms with Gasteiger partial charge < -0.3 is 4.74 Å². The molecule has 0 aliphatic rings. The number of halogens is 1. The average Bonchev–Trinajstić information content (AvgIpc) is 2.29. The summed E-state index contributed by atoms with van der Waals surface area (Å²) in [7, 11) is 0. The van der Waals surface area contributed by atoms with Gasteiger partial charge in [0.1, 0.15) is 5.75 Å². The lowest BCUT2D eigenvalue weighted by molar-refractivity contribution is 0.340. The summed E-state index contributed by atoms with van der Waals surface area (Å²) in [4.78, 5) is 0. The summed E-state index contributed by atoms with van der Waals surface area (Å²) >= 11 is 5.18. The third kappa shape index (κ3) is 4.69. The number of hydrogen-bond acceptors (Lipinski definition) is 2. The van der Waals surface area contributed by atoms with Gasteiger partial charge in [-0.05, 0) is 43.5 Å². The predicted molar refractivity (Wildman–Crippen MR) is 66.9 cm³/mol. The molecule has 0 aromatic heterocycles. The van der Waals surface area contributed by atoms with Crippen molar-refractivity contribution in [3.05, 3.63) is 41.5 Å². The summed E-state index contributed by atoms with van der Waals surface area (Å²) < 4.78 is 9.90. The van der Waals surface area contributed by atoms with Gasteiger partial charge in [0.05, 0.1) is 25.1 Å². The maximum atomic E-state index is 5.37. The van der Waals surface area contributed by atoms with Crippen LogP contribution in [0.5, 0.6) is 5.75 Å². The number of benzene rings is 1. The molecule has 0 heterocycles. The summed E-state index contributed by atoms with van der Waals surface area (Å²) in [6, 6.07) is 8.10. The number of hydrogen-bond donors (Lipinski definition) is 0. The van der Waals surface area contributed by atoms with E-state index in [1.807, 2.05) is 26.0 Å². The molecule has 0 aliphatic heterocycles. The Labute approximate surface area is 102 Å². The molecule has 3 heteroatoms. The maximum Gasteiger partial charge on any atom is 0.119 e. The Morgan fingerprint density at radius 3 is 2.56 bits per heavy atom. The number of allylic oxidation sites excluding steroid dienone is 1. The van der Waals surface area contributed by atoms with Crippen LogP contribution in [0.25, 0.3) is 0 Å². The van der Waals surface area contributed by atoms with Crippen molar-refractivity contribution in [2.24, 2.45) is 0 Å². The van der Waals surface area contributed by atoms with Crippen LogP contribution in [0, 0.1) is 0 Å². The monoisotopic (exact) mass is 240 g/mol. The second kappa shape index (κ2) is 7.31. The van der Waals surface area contributed by atoms with E-state index in [4.69, 9.17) is 16.6 Å². The lowest BCUT2D eigenvalue weighted by atomic mass is 10.1. The molecular weight excluding hydrogens is 224 g/mol. The zero-order valence-electron chi connectivity index (χ0n) is 9.70. The molecule has 0 unspecified atom stereocenters. The van der Waals surface area contributed by atoms with E-state index in [-0.39, 0.29) is 0 Å². The smallest absolute Gasteiger partial charge is 0.119 e. The van der Waals surface area contributed by atoms with Crippen LogP contribution in [0.4, 0.5) is 0 Å². The molecule has 0 radical (unpaired) electrons. The van der Waals surface area contributed by atoms with E-state index < -0.39 is 0 Å². The lowest BCUT2D eigenvalue weighted by Gasteiger charge is -2.03. The van der Waals surface area contributed by atoms with Crippen LogP contribution in [0.3, 0.4) is 0 Å². The molecule has 0 N–H and O–H groups in total. The number of ether oxygens (including phenoxy) is 1. The van der Waals surface area contributed by atoms with Crippen molar-refractivity contribution in [2.45, 2.75) is 20.3 Å². The Hall–Kier alpha value is -0.990. The first-order chi connectivity index (χ1) is 7.76. The molecule has 16 heavy (non-hydrogen) atoms. The molecule has 0 saturated carbocycles. The zero-order valence-corrected chi connectivity index (χ0v) is 10.5. The molecule has 0 bridgehead atoms. The van der Waals surface area contributed by atoms with Crippen LogP contribution in [0.2, 0.25) is 0 Å². The predicted octanol–water partition coefficient (Wildman–Crippen LogP) is 3.74. The Morgan fingerprint density at radius 2 is 2.00 bits per heavy atom. The highest BCUT2D eigenvalue weighted by Gasteiger charge is 1.94. The largest absolute Gasteiger partial charge is 0.494 e. The molecule has 0 spiro atoms. The molecule has 0 aliphatic carbocycles. The minimum absolute atomic E-state index is 0.471. The van der Waals surface area contributed by atoms with Crippen molar-refractivity contribution in [3.8, 4) is 5.75 Å².